The molecule has 1 aliphatic rings. The third-order valence-electron chi connectivity index (χ3n) is 4.70. The predicted molar refractivity (Wildman–Crippen MR) is 110 cm³/mol. The quantitative estimate of drug-likeness (QED) is 0.579. The molecular weight excluding hydrogens is 398 g/mol. The van der Waals surface area contributed by atoms with Gasteiger partial charge in [0.05, 0.1) is 31.4 Å². The zero-order chi connectivity index (χ0) is 21.1. The number of hydrogen-bond acceptors (Lipinski definition) is 4. The van der Waals surface area contributed by atoms with Gasteiger partial charge in [0.1, 0.15) is 17.4 Å². The Hall–Kier alpha value is -3.00. The van der Waals surface area contributed by atoms with E-state index in [1.54, 1.807) is 36.3 Å². The van der Waals surface area contributed by atoms with Crippen LogP contribution in [0.4, 0.5) is 14.5 Å². The average molecular weight is 418 g/mol. The average Bonchev–Trinajstić information content (AvgIpc) is 2.72. The fourth-order valence-electron chi connectivity index (χ4n) is 3.37. The van der Waals surface area contributed by atoms with Crippen molar-refractivity contribution >= 4 is 29.0 Å². The van der Waals surface area contributed by atoms with Gasteiger partial charge in [0.15, 0.2) is 5.11 Å². The maximum absolute atomic E-state index is 14.5. The van der Waals surface area contributed by atoms with Crippen LogP contribution >= 0.6 is 12.2 Å². The Morgan fingerprint density at radius 1 is 1.14 bits per heavy atom. The fourth-order valence-corrected chi connectivity index (χ4v) is 3.70. The van der Waals surface area contributed by atoms with E-state index in [-0.39, 0.29) is 16.2 Å². The molecule has 0 unspecified atom stereocenters. The second kappa shape index (κ2) is 8.57. The van der Waals surface area contributed by atoms with E-state index >= 15 is 0 Å². The first kappa shape index (κ1) is 20.7. The normalized spacial score (nSPS) is 16.5. The van der Waals surface area contributed by atoms with Crippen molar-refractivity contribution in [2.24, 2.45) is 0 Å². The number of thiocarbonyl (C=S) groups is 1. The number of methoxy groups -OCH3 is 2. The number of nitrogens with one attached hydrogen (secondary N) is 1. The maximum atomic E-state index is 14.5. The highest BCUT2D eigenvalue weighted by Gasteiger charge is 2.38. The number of carbonyl (C=O) groups is 1. The number of carbonyl (C=O) groups excluding carboxylic acids is 1. The van der Waals surface area contributed by atoms with E-state index in [1.807, 2.05) is 6.92 Å². The Bertz CT molecular complexity index is 956. The van der Waals surface area contributed by atoms with Gasteiger partial charge in [0.25, 0.3) is 0 Å². The lowest BCUT2D eigenvalue weighted by Gasteiger charge is -2.38. The molecule has 0 aromatic heterocycles. The molecule has 8 heteroatoms. The van der Waals surface area contributed by atoms with Crippen molar-refractivity contribution in [2.45, 2.75) is 19.4 Å². The zero-order valence-corrected chi connectivity index (χ0v) is 17.0. The summed E-state index contributed by atoms with van der Waals surface area (Å²) in [6, 6.07) is 9.50. The van der Waals surface area contributed by atoms with E-state index in [4.69, 9.17) is 21.7 Å². The second-order valence-electron chi connectivity index (χ2n) is 6.26. The van der Waals surface area contributed by atoms with Crippen LogP contribution in [0.5, 0.6) is 5.75 Å². The first-order valence-electron chi connectivity index (χ1n) is 8.92. The number of hydrogen-bond donors (Lipinski definition) is 1. The van der Waals surface area contributed by atoms with Crippen molar-refractivity contribution in [2.75, 3.05) is 19.1 Å². The highest BCUT2D eigenvalue weighted by molar-refractivity contribution is 7.80. The molecule has 1 N–H and O–H groups in total. The molecule has 0 spiro atoms. The van der Waals surface area contributed by atoms with E-state index < -0.39 is 23.6 Å². The number of nitrogens with zero attached hydrogens (tertiary/aromatic N) is 1. The first-order valence-corrected chi connectivity index (χ1v) is 9.33. The molecule has 5 nitrogen and oxygen atoms in total. The van der Waals surface area contributed by atoms with Crippen molar-refractivity contribution in [1.82, 2.24) is 5.32 Å². The van der Waals surface area contributed by atoms with Gasteiger partial charge >= 0.3 is 5.97 Å². The van der Waals surface area contributed by atoms with Crippen LogP contribution in [0.25, 0.3) is 0 Å². The molecule has 0 amide bonds. The molecular formula is C21H20F2N2O3S. The Labute approximate surface area is 172 Å². The number of anilines is 1. The smallest absolute Gasteiger partial charge is 0.338 e. The van der Waals surface area contributed by atoms with Crippen LogP contribution in [0, 0.1) is 11.6 Å². The maximum Gasteiger partial charge on any atom is 0.338 e. The minimum absolute atomic E-state index is 0.100. The summed E-state index contributed by atoms with van der Waals surface area (Å²) < 4.78 is 39.1. The van der Waals surface area contributed by atoms with E-state index in [0.29, 0.717) is 23.6 Å². The summed E-state index contributed by atoms with van der Waals surface area (Å²) in [4.78, 5) is 14.3. The molecule has 0 fully saturated rings. The summed E-state index contributed by atoms with van der Waals surface area (Å²) in [7, 11) is 2.78. The zero-order valence-electron chi connectivity index (χ0n) is 16.2. The Morgan fingerprint density at radius 2 is 1.76 bits per heavy atom. The molecule has 2 aromatic carbocycles. The third kappa shape index (κ3) is 3.80. The summed E-state index contributed by atoms with van der Waals surface area (Å²) in [5.41, 5.74) is 0.992. The standard InChI is InChI=1S/C21H20F2N2O3S/c1-4-16-18(20(26)28-3)19(17-14(22)6-5-7-15(17)23)24-21(29)25(16)12-8-10-13(27-2)11-9-12/h5-11,19H,4H2,1-3H3,(H,24,29)/t19-/m0/s1. The highest BCUT2D eigenvalue weighted by atomic mass is 32.1. The van der Waals surface area contributed by atoms with Gasteiger partial charge in [0, 0.05) is 11.4 Å². The van der Waals surface area contributed by atoms with E-state index in [0.717, 1.165) is 12.1 Å². The van der Waals surface area contributed by atoms with Crippen molar-refractivity contribution in [1.29, 1.82) is 0 Å². The Kier molecular flexibility index (Phi) is 6.12. The molecule has 1 atom stereocenters. The van der Waals surface area contributed by atoms with Crippen LogP contribution in [-0.4, -0.2) is 25.3 Å². The van der Waals surface area contributed by atoms with Crippen LogP contribution in [0.1, 0.15) is 24.9 Å². The molecule has 1 heterocycles. The van der Waals surface area contributed by atoms with E-state index in [9.17, 15) is 13.6 Å². The van der Waals surface area contributed by atoms with Crippen molar-refractivity contribution in [3.05, 3.63) is 70.9 Å². The molecule has 0 saturated carbocycles. The first-order chi connectivity index (χ1) is 13.9. The SMILES string of the molecule is CCC1=C(C(=O)OC)[C@H](c2c(F)cccc2F)NC(=S)N1c1ccc(OC)cc1. The second-order valence-corrected chi connectivity index (χ2v) is 6.64. The number of rotatable bonds is 5. The molecule has 2 aromatic rings. The van der Waals surface area contributed by atoms with Gasteiger partial charge in [0.2, 0.25) is 0 Å². The van der Waals surface area contributed by atoms with Gasteiger partial charge in [-0.05, 0) is 55.0 Å². The molecule has 0 aliphatic carbocycles. The molecule has 152 valence electrons. The minimum Gasteiger partial charge on any atom is -0.497 e. The van der Waals surface area contributed by atoms with Gasteiger partial charge in [-0.3, -0.25) is 4.90 Å². The van der Waals surface area contributed by atoms with Gasteiger partial charge in [-0.2, -0.15) is 0 Å². The number of allylic oxidation sites excluding steroid dienone is 1. The summed E-state index contributed by atoms with van der Waals surface area (Å²) in [6.07, 6.45) is 0.380. The number of benzene rings is 2. The number of ether oxygens (including phenoxy) is 2. The minimum atomic E-state index is -1.11. The molecule has 0 bridgehead atoms. The lowest BCUT2D eigenvalue weighted by atomic mass is 9.92. The lowest BCUT2D eigenvalue weighted by molar-refractivity contribution is -0.136. The Morgan fingerprint density at radius 3 is 2.28 bits per heavy atom. The predicted octanol–water partition coefficient (Wildman–Crippen LogP) is 4.25. The summed E-state index contributed by atoms with van der Waals surface area (Å²) >= 11 is 5.51. The largest absolute Gasteiger partial charge is 0.497 e. The van der Waals surface area contributed by atoms with Crippen LogP contribution in [0.3, 0.4) is 0 Å². The fraction of sp³-hybridized carbons (Fsp3) is 0.238. The summed E-state index contributed by atoms with van der Waals surface area (Å²) in [5.74, 6) is -1.59. The molecule has 3 rings (SSSR count). The van der Waals surface area contributed by atoms with Crippen LogP contribution in [0.2, 0.25) is 0 Å². The van der Waals surface area contributed by atoms with E-state index in [2.05, 4.69) is 5.32 Å². The molecule has 1 aliphatic heterocycles. The van der Waals surface area contributed by atoms with Crippen LogP contribution < -0.4 is 15.0 Å². The van der Waals surface area contributed by atoms with E-state index in [1.165, 1.54) is 13.2 Å². The topological polar surface area (TPSA) is 50.8 Å². The highest BCUT2D eigenvalue weighted by Crippen LogP contribution is 2.37. The number of esters is 1. The molecule has 29 heavy (non-hydrogen) atoms. The third-order valence-corrected chi connectivity index (χ3v) is 5.00. The van der Waals surface area contributed by atoms with Crippen LogP contribution in [-0.2, 0) is 9.53 Å². The summed E-state index contributed by atoms with van der Waals surface area (Å²) in [5, 5.41) is 3.12. The van der Waals surface area contributed by atoms with Crippen molar-refractivity contribution < 1.29 is 23.0 Å². The van der Waals surface area contributed by atoms with Gasteiger partial charge in [-0.15, -0.1) is 0 Å². The van der Waals surface area contributed by atoms with Crippen LogP contribution in [0.15, 0.2) is 53.7 Å². The summed E-state index contributed by atoms with van der Waals surface area (Å²) in [6.45, 7) is 1.83. The number of halogens is 2. The van der Waals surface area contributed by atoms with Gasteiger partial charge < -0.3 is 14.8 Å². The molecule has 0 radical (unpaired) electrons. The van der Waals surface area contributed by atoms with Crippen molar-refractivity contribution in [3.63, 3.8) is 0 Å². The van der Waals surface area contributed by atoms with Crippen molar-refractivity contribution in [3.8, 4) is 5.75 Å². The monoisotopic (exact) mass is 418 g/mol. The lowest BCUT2D eigenvalue weighted by Crippen LogP contribution is -2.49. The van der Waals surface area contributed by atoms with Gasteiger partial charge in [-0.1, -0.05) is 13.0 Å². The van der Waals surface area contributed by atoms with Gasteiger partial charge in [-0.25, -0.2) is 13.6 Å². The molecule has 0 saturated heterocycles. The Balaban J connectivity index is 2.21.